The highest BCUT2D eigenvalue weighted by Crippen LogP contribution is 2.14. The zero-order valence-electron chi connectivity index (χ0n) is 13.3. The molecule has 0 bridgehead atoms. The van der Waals surface area contributed by atoms with Gasteiger partial charge in [-0.2, -0.15) is 4.98 Å². The van der Waals surface area contributed by atoms with E-state index >= 15 is 0 Å². The lowest BCUT2D eigenvalue weighted by atomic mass is 10.0. The van der Waals surface area contributed by atoms with E-state index in [9.17, 15) is 5.11 Å². The van der Waals surface area contributed by atoms with Crippen molar-refractivity contribution in [3.63, 3.8) is 0 Å². The predicted molar refractivity (Wildman–Crippen MR) is 82.2 cm³/mol. The van der Waals surface area contributed by atoms with Gasteiger partial charge in [0.2, 0.25) is 5.89 Å². The highest BCUT2D eigenvalue weighted by Gasteiger charge is 2.14. The molecule has 0 fully saturated rings. The summed E-state index contributed by atoms with van der Waals surface area (Å²) < 4.78 is 5.23. The molecule has 0 aliphatic heterocycles. The highest BCUT2D eigenvalue weighted by molar-refractivity contribution is 5.30. The summed E-state index contributed by atoms with van der Waals surface area (Å²) in [4.78, 5) is 4.37. The minimum Gasteiger partial charge on any atom is -0.393 e. The fraction of sp³-hybridized carbons (Fsp3) is 0.529. The predicted octanol–water partition coefficient (Wildman–Crippen LogP) is 3.23. The number of hydrogen-bond donors (Lipinski definition) is 1. The topological polar surface area (TPSA) is 59.2 Å². The molecule has 1 atom stereocenters. The molecule has 0 aliphatic carbocycles. The number of aryl methyl sites for hydroxylation is 2. The molecule has 4 nitrogen and oxygen atoms in total. The third-order valence-corrected chi connectivity index (χ3v) is 3.31. The summed E-state index contributed by atoms with van der Waals surface area (Å²) in [6, 6.07) is 6.42. The number of rotatable bonds is 6. The molecule has 1 aromatic carbocycles. The molecule has 1 unspecified atom stereocenters. The second-order valence-corrected chi connectivity index (χ2v) is 6.26. The van der Waals surface area contributed by atoms with Crippen LogP contribution in [0, 0.1) is 19.8 Å². The van der Waals surface area contributed by atoms with E-state index in [2.05, 4.69) is 56.0 Å². The lowest BCUT2D eigenvalue weighted by Crippen LogP contribution is -2.13. The second kappa shape index (κ2) is 6.85. The van der Waals surface area contributed by atoms with Crippen LogP contribution in [0.2, 0.25) is 0 Å². The van der Waals surface area contributed by atoms with Crippen molar-refractivity contribution in [1.29, 1.82) is 0 Å². The van der Waals surface area contributed by atoms with Crippen LogP contribution in [0.5, 0.6) is 0 Å². The van der Waals surface area contributed by atoms with E-state index in [-0.39, 0.29) is 0 Å². The molecule has 21 heavy (non-hydrogen) atoms. The average molecular weight is 288 g/mol. The molecule has 4 heteroatoms. The quantitative estimate of drug-likeness (QED) is 0.886. The van der Waals surface area contributed by atoms with E-state index in [0.717, 1.165) is 6.42 Å². The Bertz CT molecular complexity index is 570. The summed E-state index contributed by atoms with van der Waals surface area (Å²) >= 11 is 0. The van der Waals surface area contributed by atoms with E-state index in [1.165, 1.54) is 16.7 Å². The Morgan fingerprint density at radius 3 is 2.43 bits per heavy atom. The molecule has 1 heterocycles. The number of nitrogens with zero attached hydrogens (tertiary/aromatic N) is 2. The Morgan fingerprint density at radius 1 is 1.14 bits per heavy atom. The third-order valence-electron chi connectivity index (χ3n) is 3.31. The van der Waals surface area contributed by atoms with Crippen molar-refractivity contribution in [3.05, 3.63) is 46.6 Å². The molecule has 1 N–H and O–H groups in total. The first kappa shape index (κ1) is 15.7. The van der Waals surface area contributed by atoms with Crippen molar-refractivity contribution in [2.75, 3.05) is 0 Å². The highest BCUT2D eigenvalue weighted by atomic mass is 16.5. The molecule has 0 amide bonds. The van der Waals surface area contributed by atoms with Gasteiger partial charge in [-0.15, -0.1) is 0 Å². The van der Waals surface area contributed by atoms with Gasteiger partial charge in [0, 0.05) is 6.42 Å². The Hall–Kier alpha value is -1.68. The molecule has 2 rings (SSSR count). The molecule has 0 radical (unpaired) electrons. The Morgan fingerprint density at radius 2 is 1.81 bits per heavy atom. The Kier molecular flexibility index (Phi) is 5.12. The summed E-state index contributed by atoms with van der Waals surface area (Å²) in [6.45, 7) is 8.34. The maximum Gasteiger partial charge on any atom is 0.229 e. The standard InChI is InChI=1S/C17H24N2O2/c1-11(2)5-15(20)10-17-18-16(19-21-17)9-14-7-12(3)6-13(4)8-14/h6-8,11,15,20H,5,9-10H2,1-4H3. The fourth-order valence-electron chi connectivity index (χ4n) is 2.63. The smallest absolute Gasteiger partial charge is 0.229 e. The monoisotopic (exact) mass is 288 g/mol. The molecule has 0 aliphatic rings. The SMILES string of the molecule is Cc1cc(C)cc(Cc2noc(CC(O)CC(C)C)n2)c1. The lowest BCUT2D eigenvalue weighted by molar-refractivity contribution is 0.138. The third kappa shape index (κ3) is 4.97. The van der Waals surface area contributed by atoms with E-state index in [4.69, 9.17) is 4.52 Å². The van der Waals surface area contributed by atoms with Crippen LogP contribution in [0.1, 0.15) is 48.7 Å². The van der Waals surface area contributed by atoms with Crippen LogP contribution in [0.15, 0.2) is 22.7 Å². The maximum absolute atomic E-state index is 9.92. The largest absolute Gasteiger partial charge is 0.393 e. The minimum atomic E-state index is -0.417. The fourth-order valence-corrected chi connectivity index (χ4v) is 2.63. The molecule has 2 aromatic rings. The van der Waals surface area contributed by atoms with E-state index in [0.29, 0.717) is 30.5 Å². The zero-order chi connectivity index (χ0) is 15.4. The summed E-state index contributed by atoms with van der Waals surface area (Å²) in [7, 11) is 0. The Labute approximate surface area is 126 Å². The van der Waals surface area contributed by atoms with E-state index in [1.807, 2.05) is 0 Å². The molecule has 1 aromatic heterocycles. The first-order valence-corrected chi connectivity index (χ1v) is 7.49. The minimum absolute atomic E-state index is 0.417. The number of benzene rings is 1. The molecular formula is C17H24N2O2. The van der Waals surface area contributed by atoms with Gasteiger partial charge in [-0.25, -0.2) is 0 Å². The average Bonchev–Trinajstić information content (AvgIpc) is 2.73. The summed E-state index contributed by atoms with van der Waals surface area (Å²) in [5.41, 5.74) is 3.66. The maximum atomic E-state index is 9.92. The van der Waals surface area contributed by atoms with Crippen LogP contribution in [0.4, 0.5) is 0 Å². The zero-order valence-corrected chi connectivity index (χ0v) is 13.3. The van der Waals surface area contributed by atoms with Crippen LogP contribution in [-0.2, 0) is 12.8 Å². The van der Waals surface area contributed by atoms with Gasteiger partial charge < -0.3 is 9.63 Å². The van der Waals surface area contributed by atoms with Crippen molar-refractivity contribution >= 4 is 0 Å². The first-order chi connectivity index (χ1) is 9.92. The van der Waals surface area contributed by atoms with Crippen molar-refractivity contribution < 1.29 is 9.63 Å². The van der Waals surface area contributed by atoms with Crippen molar-refractivity contribution in [3.8, 4) is 0 Å². The summed E-state index contributed by atoms with van der Waals surface area (Å²) in [5, 5.41) is 13.9. The van der Waals surface area contributed by atoms with Gasteiger partial charge in [-0.3, -0.25) is 0 Å². The summed E-state index contributed by atoms with van der Waals surface area (Å²) in [6.07, 6.45) is 1.42. The first-order valence-electron chi connectivity index (χ1n) is 7.49. The molecule has 0 saturated heterocycles. The summed E-state index contributed by atoms with van der Waals surface area (Å²) in [5.74, 6) is 1.65. The molecule has 0 spiro atoms. The normalized spacial score (nSPS) is 12.9. The van der Waals surface area contributed by atoms with Crippen LogP contribution in [0.3, 0.4) is 0 Å². The van der Waals surface area contributed by atoms with Crippen LogP contribution >= 0.6 is 0 Å². The molecule has 114 valence electrons. The Balaban J connectivity index is 1.99. The van der Waals surface area contributed by atoms with Gasteiger partial charge >= 0.3 is 0 Å². The van der Waals surface area contributed by atoms with Crippen LogP contribution < -0.4 is 0 Å². The van der Waals surface area contributed by atoms with Gasteiger partial charge in [0.15, 0.2) is 5.82 Å². The van der Waals surface area contributed by atoms with Gasteiger partial charge in [0.05, 0.1) is 12.5 Å². The molecule has 0 saturated carbocycles. The second-order valence-electron chi connectivity index (χ2n) is 6.26. The van der Waals surface area contributed by atoms with Gasteiger partial charge in [0.1, 0.15) is 0 Å². The van der Waals surface area contributed by atoms with E-state index in [1.54, 1.807) is 0 Å². The van der Waals surface area contributed by atoms with Crippen LogP contribution in [-0.4, -0.2) is 21.4 Å². The number of aromatic nitrogens is 2. The van der Waals surface area contributed by atoms with E-state index < -0.39 is 6.10 Å². The lowest BCUT2D eigenvalue weighted by Gasteiger charge is -2.09. The van der Waals surface area contributed by atoms with Gasteiger partial charge in [-0.1, -0.05) is 48.3 Å². The van der Waals surface area contributed by atoms with Gasteiger partial charge in [-0.05, 0) is 31.7 Å². The van der Waals surface area contributed by atoms with Crippen molar-refractivity contribution in [2.45, 2.75) is 53.1 Å². The number of aliphatic hydroxyl groups is 1. The van der Waals surface area contributed by atoms with Crippen LogP contribution in [0.25, 0.3) is 0 Å². The van der Waals surface area contributed by atoms with Gasteiger partial charge in [0.25, 0.3) is 0 Å². The van der Waals surface area contributed by atoms with Crippen molar-refractivity contribution in [1.82, 2.24) is 10.1 Å². The number of hydrogen-bond acceptors (Lipinski definition) is 4. The van der Waals surface area contributed by atoms with Crippen molar-refractivity contribution in [2.24, 2.45) is 5.92 Å². The number of aliphatic hydroxyl groups excluding tert-OH is 1. The molecular weight excluding hydrogens is 264 g/mol.